The minimum atomic E-state index is -4.55. The Kier molecular flexibility index (Phi) is 2.86. The molecule has 13 heavy (non-hydrogen) atoms. The van der Waals surface area contributed by atoms with Gasteiger partial charge in [0.15, 0.2) is 0 Å². The second-order valence-corrected chi connectivity index (χ2v) is 3.80. The Morgan fingerprint density at radius 3 is 2.23 bits per heavy atom. The fourth-order valence-electron chi connectivity index (χ4n) is 0.743. The Bertz CT molecular complexity index is 384. The summed E-state index contributed by atoms with van der Waals surface area (Å²) in [7, 11) is 0. The van der Waals surface area contributed by atoms with Crippen LogP contribution in [0.3, 0.4) is 0 Å². The molecule has 72 valence electrons. The first-order valence-corrected chi connectivity index (χ1v) is 4.56. The van der Waals surface area contributed by atoms with E-state index in [1.807, 2.05) is 0 Å². The molecule has 0 radical (unpaired) electrons. The molecule has 0 bridgehead atoms. The number of nitrogens with one attached hydrogen (secondary N) is 1. The van der Waals surface area contributed by atoms with Gasteiger partial charge >= 0.3 is 6.18 Å². The summed E-state index contributed by atoms with van der Waals surface area (Å²) >= 11 is 5.27. The standard InChI is InChI=1S/C6H2Br2F3NO/c7-2-1-12-5(13)4(8)3(2)6(9,10)11/h1H,(H,12,13). The maximum Gasteiger partial charge on any atom is 0.418 e. The average molecular weight is 321 g/mol. The Hall–Kier alpha value is -0.300. The third-order valence-electron chi connectivity index (χ3n) is 1.27. The Morgan fingerprint density at radius 1 is 1.31 bits per heavy atom. The van der Waals surface area contributed by atoms with Gasteiger partial charge in [-0.3, -0.25) is 4.79 Å². The van der Waals surface area contributed by atoms with E-state index in [0.717, 1.165) is 6.20 Å². The SMILES string of the molecule is O=c1[nH]cc(Br)c(C(F)(F)F)c1Br. The molecular weight excluding hydrogens is 319 g/mol. The van der Waals surface area contributed by atoms with Crippen LogP contribution in [0.15, 0.2) is 19.9 Å². The molecule has 1 heterocycles. The van der Waals surface area contributed by atoms with E-state index in [-0.39, 0.29) is 4.47 Å². The highest BCUT2D eigenvalue weighted by molar-refractivity contribution is 9.11. The lowest BCUT2D eigenvalue weighted by atomic mass is 10.2. The number of halogens is 5. The van der Waals surface area contributed by atoms with Crippen LogP contribution in [-0.2, 0) is 6.18 Å². The third kappa shape index (κ3) is 2.14. The molecule has 0 spiro atoms. The molecular formula is C6H2Br2F3NO. The number of aromatic nitrogens is 1. The predicted octanol–water partition coefficient (Wildman–Crippen LogP) is 2.92. The summed E-state index contributed by atoms with van der Waals surface area (Å²) < 4.78 is 36.1. The van der Waals surface area contributed by atoms with Crippen LogP contribution in [-0.4, -0.2) is 4.98 Å². The van der Waals surface area contributed by atoms with Gasteiger partial charge in [-0.1, -0.05) is 0 Å². The minimum absolute atomic E-state index is 0.202. The van der Waals surface area contributed by atoms with Gasteiger partial charge in [0.05, 0.1) is 10.0 Å². The Morgan fingerprint density at radius 2 is 1.85 bits per heavy atom. The average Bonchev–Trinajstić information content (AvgIpc) is 1.95. The lowest BCUT2D eigenvalue weighted by molar-refractivity contribution is -0.138. The molecule has 1 aromatic rings. The molecule has 0 unspecified atom stereocenters. The van der Waals surface area contributed by atoms with Crippen LogP contribution in [0.25, 0.3) is 0 Å². The van der Waals surface area contributed by atoms with Crippen molar-refractivity contribution in [3.63, 3.8) is 0 Å². The van der Waals surface area contributed by atoms with Gasteiger partial charge in [0.25, 0.3) is 5.56 Å². The van der Waals surface area contributed by atoms with Crippen molar-refractivity contribution in [1.82, 2.24) is 4.98 Å². The predicted molar refractivity (Wildman–Crippen MR) is 47.5 cm³/mol. The monoisotopic (exact) mass is 319 g/mol. The largest absolute Gasteiger partial charge is 0.418 e. The second-order valence-electron chi connectivity index (χ2n) is 2.15. The van der Waals surface area contributed by atoms with Crippen LogP contribution >= 0.6 is 31.9 Å². The quantitative estimate of drug-likeness (QED) is 0.783. The van der Waals surface area contributed by atoms with Crippen molar-refractivity contribution in [2.75, 3.05) is 0 Å². The summed E-state index contributed by atoms with van der Waals surface area (Å²) in [6.07, 6.45) is -3.60. The van der Waals surface area contributed by atoms with Crippen molar-refractivity contribution in [3.05, 3.63) is 31.1 Å². The lowest BCUT2D eigenvalue weighted by Gasteiger charge is -2.09. The van der Waals surface area contributed by atoms with Gasteiger partial charge in [-0.15, -0.1) is 0 Å². The third-order valence-corrected chi connectivity index (χ3v) is 2.65. The van der Waals surface area contributed by atoms with E-state index in [2.05, 4.69) is 36.8 Å². The van der Waals surface area contributed by atoms with E-state index in [1.165, 1.54) is 0 Å². The number of hydrogen-bond acceptors (Lipinski definition) is 1. The molecule has 2 nitrogen and oxygen atoms in total. The highest BCUT2D eigenvalue weighted by Crippen LogP contribution is 2.37. The highest BCUT2D eigenvalue weighted by atomic mass is 79.9. The lowest BCUT2D eigenvalue weighted by Crippen LogP contribution is -2.16. The first-order chi connectivity index (χ1) is 5.84. The second kappa shape index (κ2) is 3.45. The number of hydrogen-bond donors (Lipinski definition) is 1. The molecule has 7 heteroatoms. The van der Waals surface area contributed by atoms with E-state index in [0.29, 0.717) is 0 Å². The highest BCUT2D eigenvalue weighted by Gasteiger charge is 2.36. The zero-order valence-electron chi connectivity index (χ0n) is 5.88. The molecule has 1 N–H and O–H groups in total. The van der Waals surface area contributed by atoms with Crippen LogP contribution in [0.4, 0.5) is 13.2 Å². The van der Waals surface area contributed by atoms with Crippen LogP contribution in [0.5, 0.6) is 0 Å². The number of pyridine rings is 1. The van der Waals surface area contributed by atoms with E-state index in [9.17, 15) is 18.0 Å². The molecule has 1 aromatic heterocycles. The van der Waals surface area contributed by atoms with Crippen molar-refractivity contribution < 1.29 is 13.2 Å². The first kappa shape index (κ1) is 10.8. The molecule has 1 rings (SSSR count). The normalized spacial score (nSPS) is 11.8. The van der Waals surface area contributed by atoms with E-state index in [4.69, 9.17) is 0 Å². The van der Waals surface area contributed by atoms with Crippen LogP contribution in [0.1, 0.15) is 5.56 Å². The van der Waals surface area contributed by atoms with E-state index >= 15 is 0 Å². The van der Waals surface area contributed by atoms with E-state index in [1.54, 1.807) is 0 Å². The molecule has 0 saturated carbocycles. The maximum atomic E-state index is 12.3. The zero-order valence-corrected chi connectivity index (χ0v) is 9.05. The molecule has 0 atom stereocenters. The summed E-state index contributed by atoms with van der Waals surface area (Å²) in [6.45, 7) is 0. The van der Waals surface area contributed by atoms with Gasteiger partial charge in [-0.2, -0.15) is 13.2 Å². The van der Waals surface area contributed by atoms with Gasteiger partial charge in [-0.25, -0.2) is 0 Å². The number of alkyl halides is 3. The number of aromatic amines is 1. The molecule has 0 fully saturated rings. The maximum absolute atomic E-state index is 12.3. The summed E-state index contributed by atoms with van der Waals surface area (Å²) in [5, 5.41) is 0. The smallest absolute Gasteiger partial charge is 0.327 e. The van der Waals surface area contributed by atoms with Crippen LogP contribution < -0.4 is 5.56 Å². The summed E-state index contributed by atoms with van der Waals surface area (Å²) in [5.74, 6) is 0. The fourth-order valence-corrected chi connectivity index (χ4v) is 2.10. The van der Waals surface area contributed by atoms with Crippen LogP contribution in [0, 0.1) is 0 Å². The molecule has 0 saturated heterocycles. The summed E-state index contributed by atoms with van der Waals surface area (Å²) in [6, 6.07) is 0. The Labute approximate surface area is 87.4 Å². The fraction of sp³-hybridized carbons (Fsp3) is 0.167. The van der Waals surface area contributed by atoms with E-state index < -0.39 is 21.8 Å². The number of rotatable bonds is 0. The molecule has 0 aliphatic carbocycles. The van der Waals surface area contributed by atoms with Crippen molar-refractivity contribution in [3.8, 4) is 0 Å². The molecule has 0 aliphatic heterocycles. The zero-order chi connectivity index (χ0) is 10.2. The minimum Gasteiger partial charge on any atom is -0.327 e. The van der Waals surface area contributed by atoms with Crippen molar-refractivity contribution in [2.45, 2.75) is 6.18 Å². The molecule has 0 aliphatic rings. The van der Waals surface area contributed by atoms with Crippen molar-refractivity contribution in [1.29, 1.82) is 0 Å². The van der Waals surface area contributed by atoms with Crippen molar-refractivity contribution >= 4 is 31.9 Å². The van der Waals surface area contributed by atoms with Gasteiger partial charge in [-0.05, 0) is 31.9 Å². The Balaban J connectivity index is 3.52. The van der Waals surface area contributed by atoms with Gasteiger partial charge in [0, 0.05) is 10.7 Å². The molecule has 0 aromatic carbocycles. The van der Waals surface area contributed by atoms with Gasteiger partial charge in [0.1, 0.15) is 0 Å². The summed E-state index contributed by atoms with van der Waals surface area (Å²) in [5.41, 5.74) is -1.81. The summed E-state index contributed by atoms with van der Waals surface area (Å²) in [4.78, 5) is 12.9. The number of H-pyrrole nitrogens is 1. The van der Waals surface area contributed by atoms with Crippen LogP contribution in [0.2, 0.25) is 0 Å². The first-order valence-electron chi connectivity index (χ1n) is 2.98. The topological polar surface area (TPSA) is 32.9 Å². The van der Waals surface area contributed by atoms with Gasteiger partial charge < -0.3 is 4.98 Å². The van der Waals surface area contributed by atoms with Crippen molar-refractivity contribution in [2.24, 2.45) is 0 Å². The van der Waals surface area contributed by atoms with Gasteiger partial charge in [0.2, 0.25) is 0 Å². The molecule has 0 amide bonds.